The van der Waals surface area contributed by atoms with Crippen molar-refractivity contribution in [1.82, 2.24) is 0 Å². The number of ketones is 1. The van der Waals surface area contributed by atoms with Crippen LogP contribution in [0.1, 0.15) is 55.3 Å². The maximum Gasteiger partial charge on any atom is 0.162 e. The highest BCUT2D eigenvalue weighted by molar-refractivity contribution is 7.99. The molecular weight excluding hydrogens is 264 g/mol. The van der Waals surface area contributed by atoms with Crippen LogP contribution < -0.4 is 0 Å². The molecule has 0 atom stereocenters. The molecule has 0 saturated heterocycles. The van der Waals surface area contributed by atoms with E-state index in [1.54, 1.807) is 11.8 Å². The first-order chi connectivity index (χ1) is 9.79. The summed E-state index contributed by atoms with van der Waals surface area (Å²) in [6.45, 7) is 3.72. The molecule has 20 heavy (non-hydrogen) atoms. The van der Waals surface area contributed by atoms with Crippen LogP contribution in [0.5, 0.6) is 0 Å². The van der Waals surface area contributed by atoms with Crippen molar-refractivity contribution in [3.8, 4) is 0 Å². The van der Waals surface area contributed by atoms with Gasteiger partial charge >= 0.3 is 0 Å². The summed E-state index contributed by atoms with van der Waals surface area (Å²) >= 11 is 1.75. The van der Waals surface area contributed by atoms with Crippen LogP contribution in [0.25, 0.3) is 0 Å². The zero-order chi connectivity index (χ0) is 14.2. The number of carbonyl (C=O) groups is 1. The molecule has 1 aromatic rings. The van der Waals surface area contributed by atoms with Crippen molar-refractivity contribution in [2.24, 2.45) is 5.92 Å². The van der Waals surface area contributed by atoms with Crippen LogP contribution in [0.3, 0.4) is 0 Å². The summed E-state index contributed by atoms with van der Waals surface area (Å²) in [5.41, 5.74) is 0.865. The fourth-order valence-electron chi connectivity index (χ4n) is 2.85. The predicted octanol–water partition coefficient (Wildman–Crippen LogP) is 5.51. The van der Waals surface area contributed by atoms with Crippen LogP contribution >= 0.6 is 11.8 Å². The van der Waals surface area contributed by atoms with E-state index in [0.717, 1.165) is 23.7 Å². The number of Topliss-reactive ketones (excluding diaryl/α,β-unsaturated/α-hetero) is 1. The molecular formula is C18H24OS. The van der Waals surface area contributed by atoms with Crippen LogP contribution in [-0.4, -0.2) is 11.5 Å². The Morgan fingerprint density at radius 2 is 1.90 bits per heavy atom. The third kappa shape index (κ3) is 4.82. The molecule has 2 heteroatoms. The Hall–Kier alpha value is -1.02. The van der Waals surface area contributed by atoms with Gasteiger partial charge in [0.05, 0.1) is 0 Å². The molecule has 0 unspecified atom stereocenters. The van der Waals surface area contributed by atoms with Gasteiger partial charge in [-0.1, -0.05) is 50.3 Å². The van der Waals surface area contributed by atoms with Crippen LogP contribution in [-0.2, 0) is 0 Å². The lowest BCUT2D eigenvalue weighted by atomic mass is 9.85. The predicted molar refractivity (Wildman–Crippen MR) is 87.5 cm³/mol. The number of thioether (sulfide) groups is 1. The van der Waals surface area contributed by atoms with Gasteiger partial charge < -0.3 is 0 Å². The lowest BCUT2D eigenvalue weighted by Gasteiger charge is -2.20. The molecule has 1 fully saturated rings. The average Bonchev–Trinajstić information content (AvgIpc) is 2.52. The van der Waals surface area contributed by atoms with Gasteiger partial charge in [0, 0.05) is 22.6 Å². The smallest absolute Gasteiger partial charge is 0.162 e. The fraction of sp³-hybridized carbons (Fsp3) is 0.500. The average molecular weight is 288 g/mol. The van der Waals surface area contributed by atoms with Crippen molar-refractivity contribution < 1.29 is 4.79 Å². The van der Waals surface area contributed by atoms with Crippen LogP contribution in [0.4, 0.5) is 0 Å². The van der Waals surface area contributed by atoms with Crippen molar-refractivity contribution in [2.45, 2.75) is 49.8 Å². The SMILES string of the molecule is C=CCSc1ccc(C(=O)CCC2CCCCC2)cc1. The molecule has 1 aliphatic rings. The largest absolute Gasteiger partial charge is 0.294 e. The summed E-state index contributed by atoms with van der Waals surface area (Å²) in [7, 11) is 0. The quantitative estimate of drug-likeness (QED) is 0.374. The fourth-order valence-corrected chi connectivity index (χ4v) is 3.49. The molecule has 1 saturated carbocycles. The first-order valence-corrected chi connectivity index (χ1v) is 8.65. The summed E-state index contributed by atoms with van der Waals surface area (Å²) in [6, 6.07) is 8.02. The van der Waals surface area contributed by atoms with Crippen molar-refractivity contribution in [3.63, 3.8) is 0 Å². The molecule has 0 heterocycles. The molecule has 108 valence electrons. The molecule has 1 aliphatic carbocycles. The van der Waals surface area contributed by atoms with Gasteiger partial charge in [0.15, 0.2) is 5.78 Å². The zero-order valence-corrected chi connectivity index (χ0v) is 13.0. The maximum absolute atomic E-state index is 12.2. The highest BCUT2D eigenvalue weighted by Gasteiger charge is 2.15. The molecule has 1 nitrogen and oxygen atoms in total. The maximum atomic E-state index is 12.2. The Bertz CT molecular complexity index is 429. The van der Waals surface area contributed by atoms with Gasteiger partial charge in [-0.25, -0.2) is 0 Å². The van der Waals surface area contributed by atoms with Gasteiger partial charge in [-0.3, -0.25) is 4.79 Å². The standard InChI is InChI=1S/C18H24OS/c1-2-14-20-17-11-9-16(10-12-17)18(19)13-8-15-6-4-3-5-7-15/h2,9-12,15H,1,3-8,13-14H2. The van der Waals surface area contributed by atoms with E-state index in [2.05, 4.69) is 6.58 Å². The summed E-state index contributed by atoms with van der Waals surface area (Å²) in [5, 5.41) is 0. The van der Waals surface area contributed by atoms with Crippen LogP contribution in [0, 0.1) is 5.92 Å². The summed E-state index contributed by atoms with van der Waals surface area (Å²) in [4.78, 5) is 13.4. The van der Waals surface area contributed by atoms with E-state index >= 15 is 0 Å². The van der Waals surface area contributed by atoms with Gasteiger partial charge in [-0.15, -0.1) is 18.3 Å². The molecule has 0 amide bonds. The van der Waals surface area contributed by atoms with E-state index in [1.807, 2.05) is 30.3 Å². The van der Waals surface area contributed by atoms with E-state index in [-0.39, 0.29) is 0 Å². The molecule has 2 rings (SSSR count). The minimum atomic E-state index is 0.302. The van der Waals surface area contributed by atoms with Crippen molar-refractivity contribution in [2.75, 3.05) is 5.75 Å². The molecule has 0 N–H and O–H groups in total. The second kappa shape index (κ2) is 8.31. The van der Waals surface area contributed by atoms with Crippen LogP contribution in [0.15, 0.2) is 41.8 Å². The van der Waals surface area contributed by atoms with E-state index in [0.29, 0.717) is 12.2 Å². The Kier molecular flexibility index (Phi) is 6.38. The van der Waals surface area contributed by atoms with Gasteiger partial charge in [0.1, 0.15) is 0 Å². The Morgan fingerprint density at radius 1 is 1.20 bits per heavy atom. The summed E-state index contributed by atoms with van der Waals surface area (Å²) in [5.74, 6) is 2.00. The lowest BCUT2D eigenvalue weighted by Crippen LogP contribution is -2.09. The number of hydrogen-bond acceptors (Lipinski definition) is 2. The molecule has 0 bridgehead atoms. The highest BCUT2D eigenvalue weighted by Crippen LogP contribution is 2.28. The lowest BCUT2D eigenvalue weighted by molar-refractivity contribution is 0.0970. The highest BCUT2D eigenvalue weighted by atomic mass is 32.2. The van der Waals surface area contributed by atoms with E-state index in [9.17, 15) is 4.79 Å². The molecule has 0 spiro atoms. The van der Waals surface area contributed by atoms with Gasteiger partial charge in [-0.05, 0) is 24.5 Å². The van der Waals surface area contributed by atoms with Gasteiger partial charge in [0.25, 0.3) is 0 Å². The number of rotatable bonds is 7. The second-order valence-corrected chi connectivity index (χ2v) is 6.68. The summed E-state index contributed by atoms with van der Waals surface area (Å²) in [6.07, 6.45) is 10.4. The Balaban J connectivity index is 1.80. The molecule has 0 radical (unpaired) electrons. The third-order valence-corrected chi connectivity index (χ3v) is 5.06. The number of hydrogen-bond donors (Lipinski definition) is 0. The first kappa shape index (κ1) is 15.4. The second-order valence-electron chi connectivity index (χ2n) is 5.59. The van der Waals surface area contributed by atoms with Crippen molar-refractivity contribution >= 4 is 17.5 Å². The zero-order valence-electron chi connectivity index (χ0n) is 12.1. The summed E-state index contributed by atoms with van der Waals surface area (Å²) < 4.78 is 0. The Morgan fingerprint density at radius 3 is 2.55 bits per heavy atom. The van der Waals surface area contributed by atoms with E-state index in [4.69, 9.17) is 0 Å². The number of carbonyl (C=O) groups excluding carboxylic acids is 1. The van der Waals surface area contributed by atoms with Crippen LogP contribution in [0.2, 0.25) is 0 Å². The minimum Gasteiger partial charge on any atom is -0.294 e. The van der Waals surface area contributed by atoms with Gasteiger partial charge in [-0.2, -0.15) is 0 Å². The molecule has 0 aromatic heterocycles. The normalized spacial score (nSPS) is 16.0. The monoisotopic (exact) mass is 288 g/mol. The number of benzene rings is 1. The van der Waals surface area contributed by atoms with Crippen molar-refractivity contribution in [1.29, 1.82) is 0 Å². The van der Waals surface area contributed by atoms with E-state index < -0.39 is 0 Å². The van der Waals surface area contributed by atoms with Gasteiger partial charge in [0.2, 0.25) is 0 Å². The molecule has 0 aliphatic heterocycles. The topological polar surface area (TPSA) is 17.1 Å². The first-order valence-electron chi connectivity index (χ1n) is 7.66. The molecule has 1 aromatic carbocycles. The Labute approximate surface area is 126 Å². The minimum absolute atomic E-state index is 0.302. The van der Waals surface area contributed by atoms with Crippen molar-refractivity contribution in [3.05, 3.63) is 42.5 Å². The third-order valence-electron chi connectivity index (χ3n) is 4.05. The van der Waals surface area contributed by atoms with E-state index in [1.165, 1.54) is 37.0 Å².